The minimum Gasteiger partial charge on any atom is -0.367 e. The average Bonchev–Trinajstić information content (AvgIpc) is 2.16. The molecule has 78 valence electrons. The molecule has 2 heterocycles. The van der Waals surface area contributed by atoms with Crippen molar-refractivity contribution in [2.75, 3.05) is 5.32 Å². The molecule has 0 amide bonds. The fourth-order valence-electron chi connectivity index (χ4n) is 1.83. The van der Waals surface area contributed by atoms with E-state index in [1.807, 2.05) is 0 Å². The number of hydrogen-bond acceptors (Lipinski definition) is 2. The number of aromatic nitrogens is 1. The molecule has 1 unspecified atom stereocenters. The van der Waals surface area contributed by atoms with Gasteiger partial charge in [-0.15, -0.1) is 0 Å². The van der Waals surface area contributed by atoms with Gasteiger partial charge in [0.25, 0.3) is 0 Å². The summed E-state index contributed by atoms with van der Waals surface area (Å²) in [5, 5.41) is 3.44. The summed E-state index contributed by atoms with van der Waals surface area (Å²) in [7, 11) is 0. The van der Waals surface area contributed by atoms with Crippen LogP contribution in [0.25, 0.3) is 0 Å². The summed E-state index contributed by atoms with van der Waals surface area (Å²) in [6.07, 6.45) is 2.38. The smallest absolute Gasteiger partial charge is 0.129 e. The minimum atomic E-state index is 0. The van der Waals surface area contributed by atoms with Crippen LogP contribution in [0.15, 0.2) is 12.1 Å². The second kappa shape index (κ2) is 3.60. The standard InChI is InChI=1S/C12H18N2.H2/c1-8(2)11-7-6-10-5-4-9(3)13-12(10)14-11;/h6-9H,4-5H2,1-3H3,(H,13,14);1H. The lowest BCUT2D eigenvalue weighted by Gasteiger charge is -2.23. The lowest BCUT2D eigenvalue weighted by atomic mass is 10.0. The van der Waals surface area contributed by atoms with Crippen LogP contribution in [0, 0.1) is 0 Å². The third kappa shape index (κ3) is 1.74. The second-order valence-electron chi connectivity index (χ2n) is 4.48. The van der Waals surface area contributed by atoms with Crippen LogP contribution in [0.3, 0.4) is 0 Å². The number of nitrogens with zero attached hydrogens (tertiary/aromatic N) is 1. The maximum Gasteiger partial charge on any atom is 0.129 e. The molecule has 1 aromatic heterocycles. The summed E-state index contributed by atoms with van der Waals surface area (Å²) >= 11 is 0. The molecule has 2 heteroatoms. The highest BCUT2D eigenvalue weighted by atomic mass is 15.0. The van der Waals surface area contributed by atoms with E-state index < -0.39 is 0 Å². The van der Waals surface area contributed by atoms with E-state index in [1.165, 1.54) is 17.7 Å². The van der Waals surface area contributed by atoms with Gasteiger partial charge in [-0.05, 0) is 37.3 Å². The van der Waals surface area contributed by atoms with Crippen LogP contribution in [-0.2, 0) is 6.42 Å². The molecule has 0 radical (unpaired) electrons. The molecule has 0 saturated carbocycles. The highest BCUT2D eigenvalue weighted by molar-refractivity contribution is 5.48. The number of rotatable bonds is 1. The Kier molecular flexibility index (Phi) is 2.44. The van der Waals surface area contributed by atoms with E-state index in [2.05, 4.69) is 43.2 Å². The summed E-state index contributed by atoms with van der Waals surface area (Å²) < 4.78 is 0. The topological polar surface area (TPSA) is 24.9 Å². The van der Waals surface area contributed by atoms with Crippen molar-refractivity contribution in [2.45, 2.75) is 45.6 Å². The first-order valence-electron chi connectivity index (χ1n) is 5.43. The van der Waals surface area contributed by atoms with Crippen LogP contribution in [0.4, 0.5) is 5.82 Å². The SMILES string of the molecule is CC1CCc2ccc(C(C)C)nc2N1.[HH]. The quantitative estimate of drug-likeness (QED) is 0.739. The van der Waals surface area contributed by atoms with E-state index in [0.717, 1.165) is 12.2 Å². The van der Waals surface area contributed by atoms with E-state index in [1.54, 1.807) is 0 Å². The first-order valence-corrected chi connectivity index (χ1v) is 5.43. The predicted octanol–water partition coefficient (Wildman–Crippen LogP) is 3.20. The number of pyridine rings is 1. The van der Waals surface area contributed by atoms with E-state index in [0.29, 0.717) is 12.0 Å². The molecule has 1 atom stereocenters. The van der Waals surface area contributed by atoms with Gasteiger partial charge < -0.3 is 5.32 Å². The minimum absolute atomic E-state index is 0. The summed E-state index contributed by atoms with van der Waals surface area (Å²) in [5.74, 6) is 1.62. The highest BCUT2D eigenvalue weighted by Crippen LogP contribution is 2.24. The van der Waals surface area contributed by atoms with Crippen LogP contribution in [0.1, 0.15) is 45.8 Å². The zero-order chi connectivity index (χ0) is 10.1. The fourth-order valence-corrected chi connectivity index (χ4v) is 1.83. The molecule has 0 spiro atoms. The summed E-state index contributed by atoms with van der Waals surface area (Å²) in [6, 6.07) is 4.94. The number of fused-ring (bicyclic) bond motifs is 1. The van der Waals surface area contributed by atoms with Gasteiger partial charge in [0.2, 0.25) is 0 Å². The van der Waals surface area contributed by atoms with E-state index >= 15 is 0 Å². The van der Waals surface area contributed by atoms with Gasteiger partial charge in [0, 0.05) is 13.2 Å². The first-order chi connectivity index (χ1) is 6.66. The highest BCUT2D eigenvalue weighted by Gasteiger charge is 2.15. The first kappa shape index (κ1) is 9.50. The molecule has 0 saturated heterocycles. The summed E-state index contributed by atoms with van der Waals surface area (Å²) in [4.78, 5) is 4.65. The van der Waals surface area contributed by atoms with Gasteiger partial charge in [-0.3, -0.25) is 0 Å². The number of nitrogens with one attached hydrogen (secondary N) is 1. The average molecular weight is 192 g/mol. The van der Waals surface area contributed by atoms with Gasteiger partial charge in [-0.1, -0.05) is 19.9 Å². The van der Waals surface area contributed by atoms with E-state index in [-0.39, 0.29) is 1.43 Å². The Balaban J connectivity index is 0.00000112. The van der Waals surface area contributed by atoms with Crippen molar-refractivity contribution in [3.05, 3.63) is 23.4 Å². The number of anilines is 1. The van der Waals surface area contributed by atoms with Gasteiger partial charge in [-0.2, -0.15) is 0 Å². The van der Waals surface area contributed by atoms with Crippen LogP contribution < -0.4 is 5.32 Å². The molecule has 0 bridgehead atoms. The molecule has 0 aromatic carbocycles. The molecule has 1 aliphatic rings. The van der Waals surface area contributed by atoms with Gasteiger partial charge >= 0.3 is 0 Å². The molecule has 0 aliphatic carbocycles. The monoisotopic (exact) mass is 192 g/mol. The maximum absolute atomic E-state index is 4.65. The normalized spacial score (nSPS) is 20.4. The molecule has 1 aromatic rings. The molecular formula is C12H20N2. The van der Waals surface area contributed by atoms with E-state index in [9.17, 15) is 0 Å². The number of hydrogen-bond donors (Lipinski definition) is 1. The molecule has 0 fully saturated rings. The van der Waals surface area contributed by atoms with Crippen molar-refractivity contribution in [3.8, 4) is 0 Å². The largest absolute Gasteiger partial charge is 0.367 e. The Bertz CT molecular complexity index is 336. The molecule has 2 nitrogen and oxygen atoms in total. The molecule has 14 heavy (non-hydrogen) atoms. The maximum atomic E-state index is 4.65. The van der Waals surface area contributed by atoms with Crippen LogP contribution in [0.2, 0.25) is 0 Å². The van der Waals surface area contributed by atoms with Crippen molar-refractivity contribution >= 4 is 5.82 Å². The summed E-state index contributed by atoms with van der Waals surface area (Å²) in [6.45, 7) is 6.58. The van der Waals surface area contributed by atoms with Crippen LogP contribution in [0.5, 0.6) is 0 Å². The Morgan fingerprint density at radius 1 is 1.50 bits per heavy atom. The van der Waals surface area contributed by atoms with Crippen LogP contribution in [-0.4, -0.2) is 11.0 Å². The lowest BCUT2D eigenvalue weighted by molar-refractivity contribution is 0.669. The molecule has 1 N–H and O–H groups in total. The zero-order valence-corrected chi connectivity index (χ0v) is 9.17. The third-order valence-corrected chi connectivity index (χ3v) is 2.82. The zero-order valence-electron chi connectivity index (χ0n) is 9.17. The predicted molar refractivity (Wildman–Crippen MR) is 61.8 cm³/mol. The van der Waals surface area contributed by atoms with Crippen molar-refractivity contribution in [1.29, 1.82) is 0 Å². The second-order valence-corrected chi connectivity index (χ2v) is 4.48. The van der Waals surface area contributed by atoms with E-state index in [4.69, 9.17) is 0 Å². The Morgan fingerprint density at radius 2 is 2.29 bits per heavy atom. The molecule has 1 aliphatic heterocycles. The van der Waals surface area contributed by atoms with Gasteiger partial charge in [0.1, 0.15) is 5.82 Å². The van der Waals surface area contributed by atoms with Crippen molar-refractivity contribution in [3.63, 3.8) is 0 Å². The van der Waals surface area contributed by atoms with Gasteiger partial charge in [-0.25, -0.2) is 4.98 Å². The summed E-state index contributed by atoms with van der Waals surface area (Å²) in [5.41, 5.74) is 2.55. The Morgan fingerprint density at radius 3 is 3.00 bits per heavy atom. The van der Waals surface area contributed by atoms with Gasteiger partial charge in [0.05, 0.1) is 0 Å². The molecule has 2 rings (SSSR count). The Hall–Kier alpha value is -1.05. The van der Waals surface area contributed by atoms with Crippen molar-refractivity contribution in [2.24, 2.45) is 0 Å². The Labute approximate surface area is 87.2 Å². The van der Waals surface area contributed by atoms with Crippen LogP contribution >= 0.6 is 0 Å². The van der Waals surface area contributed by atoms with Crippen molar-refractivity contribution in [1.82, 2.24) is 4.98 Å². The molecular weight excluding hydrogens is 172 g/mol. The fraction of sp³-hybridized carbons (Fsp3) is 0.583. The van der Waals surface area contributed by atoms with Gasteiger partial charge in [0.15, 0.2) is 0 Å². The van der Waals surface area contributed by atoms with Crippen molar-refractivity contribution < 1.29 is 1.43 Å². The lowest BCUT2D eigenvalue weighted by Crippen LogP contribution is -2.23. The number of aryl methyl sites for hydroxylation is 1. The third-order valence-electron chi connectivity index (χ3n) is 2.82.